The summed E-state index contributed by atoms with van der Waals surface area (Å²) in [5.41, 5.74) is 1.66. The maximum atomic E-state index is 10.7. The van der Waals surface area contributed by atoms with Gasteiger partial charge in [0.05, 0.1) is 10.6 Å². The van der Waals surface area contributed by atoms with Gasteiger partial charge in [-0.15, -0.1) is 11.8 Å². The third kappa shape index (κ3) is 3.62. The standard InChI is InChI=1S/C13H10Cl2N2O2S/c1-7-4-10(14)9(12(15)17-7)6-20-11-3-2-8(5-16-11)13(18)19/h2-5H,6H2,1H3,(H,18,19). The second-order valence-corrected chi connectivity index (χ2v) is 5.75. The zero-order valence-corrected chi connectivity index (χ0v) is 12.8. The van der Waals surface area contributed by atoms with Crippen LogP contribution < -0.4 is 0 Å². The molecule has 2 aromatic rings. The summed E-state index contributed by atoms with van der Waals surface area (Å²) in [6.07, 6.45) is 1.32. The quantitative estimate of drug-likeness (QED) is 0.676. The zero-order chi connectivity index (χ0) is 14.7. The Morgan fingerprint density at radius 2 is 2.15 bits per heavy atom. The molecule has 0 radical (unpaired) electrons. The summed E-state index contributed by atoms with van der Waals surface area (Å²) in [5.74, 6) is -0.479. The largest absolute Gasteiger partial charge is 0.478 e. The first-order valence-electron chi connectivity index (χ1n) is 5.61. The lowest BCUT2D eigenvalue weighted by Gasteiger charge is -2.07. The Hall–Kier alpha value is -1.30. The van der Waals surface area contributed by atoms with Gasteiger partial charge in [-0.3, -0.25) is 0 Å². The van der Waals surface area contributed by atoms with E-state index in [9.17, 15) is 4.79 Å². The molecule has 0 atom stereocenters. The van der Waals surface area contributed by atoms with Crippen molar-refractivity contribution in [1.29, 1.82) is 0 Å². The molecule has 0 amide bonds. The highest BCUT2D eigenvalue weighted by Crippen LogP contribution is 2.30. The molecule has 0 fully saturated rings. The molecule has 0 aliphatic carbocycles. The van der Waals surface area contributed by atoms with Crippen molar-refractivity contribution in [2.45, 2.75) is 17.7 Å². The Morgan fingerprint density at radius 1 is 1.40 bits per heavy atom. The molecule has 0 saturated carbocycles. The first-order valence-corrected chi connectivity index (χ1v) is 7.35. The van der Waals surface area contributed by atoms with Gasteiger partial charge < -0.3 is 5.11 Å². The van der Waals surface area contributed by atoms with Gasteiger partial charge >= 0.3 is 5.97 Å². The second-order valence-electron chi connectivity index (χ2n) is 3.99. The lowest BCUT2D eigenvalue weighted by atomic mass is 10.3. The van der Waals surface area contributed by atoms with Gasteiger partial charge in [-0.05, 0) is 25.1 Å². The van der Waals surface area contributed by atoms with Gasteiger partial charge in [0.25, 0.3) is 0 Å². The smallest absolute Gasteiger partial charge is 0.337 e. The summed E-state index contributed by atoms with van der Waals surface area (Å²) in [7, 11) is 0. The topological polar surface area (TPSA) is 63.1 Å². The summed E-state index contributed by atoms with van der Waals surface area (Å²) >= 11 is 13.6. The van der Waals surface area contributed by atoms with Crippen molar-refractivity contribution in [3.63, 3.8) is 0 Å². The van der Waals surface area contributed by atoms with Gasteiger partial charge in [0.2, 0.25) is 0 Å². The van der Waals surface area contributed by atoms with Crippen LogP contribution in [0.1, 0.15) is 21.6 Å². The van der Waals surface area contributed by atoms with E-state index in [4.69, 9.17) is 28.3 Å². The van der Waals surface area contributed by atoms with E-state index in [1.54, 1.807) is 12.1 Å². The van der Waals surface area contributed by atoms with Crippen LogP contribution in [0.25, 0.3) is 0 Å². The first-order chi connectivity index (χ1) is 9.47. The van der Waals surface area contributed by atoms with Crippen LogP contribution in [-0.4, -0.2) is 21.0 Å². The highest BCUT2D eigenvalue weighted by molar-refractivity contribution is 7.98. The second kappa shape index (κ2) is 6.43. The molecule has 0 aromatic carbocycles. The Balaban J connectivity index is 2.11. The van der Waals surface area contributed by atoms with Crippen molar-refractivity contribution in [1.82, 2.24) is 9.97 Å². The number of hydrogen-bond acceptors (Lipinski definition) is 4. The number of aromatic nitrogens is 2. The number of carboxylic acids is 1. The van der Waals surface area contributed by atoms with E-state index < -0.39 is 5.97 Å². The Bertz CT molecular complexity index is 624. The monoisotopic (exact) mass is 328 g/mol. The molecule has 7 heteroatoms. The van der Waals surface area contributed by atoms with Crippen molar-refractivity contribution in [2.24, 2.45) is 0 Å². The van der Waals surface area contributed by atoms with Gasteiger partial charge in [0.15, 0.2) is 0 Å². The fourth-order valence-corrected chi connectivity index (χ4v) is 3.19. The highest BCUT2D eigenvalue weighted by Gasteiger charge is 2.10. The van der Waals surface area contributed by atoms with Crippen LogP contribution in [0.3, 0.4) is 0 Å². The van der Waals surface area contributed by atoms with Crippen LogP contribution in [0, 0.1) is 6.92 Å². The van der Waals surface area contributed by atoms with E-state index in [-0.39, 0.29) is 5.56 Å². The molecular formula is C13H10Cl2N2O2S. The van der Waals surface area contributed by atoms with Crippen molar-refractivity contribution >= 4 is 40.9 Å². The van der Waals surface area contributed by atoms with Crippen molar-refractivity contribution in [3.8, 4) is 0 Å². The maximum absolute atomic E-state index is 10.7. The molecule has 2 rings (SSSR count). The number of pyridine rings is 2. The normalized spacial score (nSPS) is 10.6. The number of hydrogen-bond donors (Lipinski definition) is 1. The number of aromatic carboxylic acids is 1. The van der Waals surface area contributed by atoms with Gasteiger partial charge in [-0.1, -0.05) is 23.2 Å². The SMILES string of the molecule is Cc1cc(Cl)c(CSc2ccc(C(=O)O)cn2)c(Cl)n1. The lowest BCUT2D eigenvalue weighted by Crippen LogP contribution is -1.97. The minimum absolute atomic E-state index is 0.155. The first kappa shape index (κ1) is 15.1. The van der Waals surface area contributed by atoms with E-state index in [1.807, 2.05) is 6.92 Å². The van der Waals surface area contributed by atoms with Gasteiger partial charge in [0, 0.05) is 28.2 Å². The average Bonchev–Trinajstić information content (AvgIpc) is 2.38. The summed E-state index contributed by atoms with van der Waals surface area (Å²) in [5, 5.41) is 10.4. The van der Waals surface area contributed by atoms with Crippen molar-refractivity contribution in [3.05, 3.63) is 51.4 Å². The number of carbonyl (C=O) groups is 1. The van der Waals surface area contributed by atoms with Crippen LogP contribution in [0.15, 0.2) is 29.4 Å². The number of aryl methyl sites for hydroxylation is 1. The molecule has 0 unspecified atom stereocenters. The van der Waals surface area contributed by atoms with Crippen molar-refractivity contribution in [2.75, 3.05) is 0 Å². The molecule has 0 saturated heterocycles. The van der Waals surface area contributed by atoms with E-state index in [0.29, 0.717) is 21.0 Å². The van der Waals surface area contributed by atoms with Crippen molar-refractivity contribution < 1.29 is 9.90 Å². The number of rotatable bonds is 4. The van der Waals surface area contributed by atoms with E-state index >= 15 is 0 Å². The molecule has 1 N–H and O–H groups in total. The van der Waals surface area contributed by atoms with Crippen LogP contribution >= 0.6 is 35.0 Å². The predicted molar refractivity (Wildman–Crippen MR) is 79.8 cm³/mol. The number of thioether (sulfide) groups is 1. The number of halogens is 2. The van der Waals surface area contributed by atoms with E-state index in [1.165, 1.54) is 24.0 Å². The molecule has 2 heterocycles. The minimum atomic E-state index is -0.997. The Morgan fingerprint density at radius 3 is 2.70 bits per heavy atom. The fourth-order valence-electron chi connectivity index (χ4n) is 1.49. The average molecular weight is 329 g/mol. The molecule has 0 bridgehead atoms. The zero-order valence-electron chi connectivity index (χ0n) is 10.4. The molecule has 104 valence electrons. The molecule has 0 spiro atoms. The summed E-state index contributed by atoms with van der Waals surface area (Å²) < 4.78 is 0. The molecular weight excluding hydrogens is 319 g/mol. The predicted octanol–water partition coefficient (Wildman–Crippen LogP) is 4.08. The van der Waals surface area contributed by atoms with Crippen LogP contribution in [0.5, 0.6) is 0 Å². The van der Waals surface area contributed by atoms with Gasteiger partial charge in [-0.25, -0.2) is 14.8 Å². The number of nitrogens with zero attached hydrogens (tertiary/aromatic N) is 2. The molecule has 0 aliphatic heterocycles. The van der Waals surface area contributed by atoms with Gasteiger partial charge in [0.1, 0.15) is 5.15 Å². The van der Waals surface area contributed by atoms with Crippen LogP contribution in [0.4, 0.5) is 0 Å². The van der Waals surface area contributed by atoms with Crippen LogP contribution in [0.2, 0.25) is 10.2 Å². The summed E-state index contributed by atoms with van der Waals surface area (Å²) in [6, 6.07) is 4.91. The third-order valence-corrected chi connectivity index (χ3v) is 4.12. The Labute approximate surface area is 130 Å². The molecule has 4 nitrogen and oxygen atoms in total. The fraction of sp³-hybridized carbons (Fsp3) is 0.154. The molecule has 0 aliphatic rings. The Kier molecular flexibility index (Phi) is 4.86. The minimum Gasteiger partial charge on any atom is -0.478 e. The van der Waals surface area contributed by atoms with E-state index in [0.717, 1.165) is 11.3 Å². The summed E-state index contributed by atoms with van der Waals surface area (Å²) in [6.45, 7) is 1.82. The lowest BCUT2D eigenvalue weighted by molar-refractivity contribution is 0.0696. The molecule has 20 heavy (non-hydrogen) atoms. The van der Waals surface area contributed by atoms with Gasteiger partial charge in [-0.2, -0.15) is 0 Å². The molecule has 2 aromatic heterocycles. The maximum Gasteiger partial charge on any atom is 0.337 e. The van der Waals surface area contributed by atoms with Crippen LogP contribution in [-0.2, 0) is 5.75 Å². The third-order valence-electron chi connectivity index (χ3n) is 2.50. The number of carboxylic acid groups (broad SMARTS) is 1. The highest BCUT2D eigenvalue weighted by atomic mass is 35.5. The summed E-state index contributed by atoms with van der Waals surface area (Å²) in [4.78, 5) is 18.9. The van der Waals surface area contributed by atoms with E-state index in [2.05, 4.69) is 9.97 Å².